The summed E-state index contributed by atoms with van der Waals surface area (Å²) in [4.78, 5) is 13.9. The maximum Gasteiger partial charge on any atom is 0.200 e. The second-order valence-electron chi connectivity index (χ2n) is 10.7. The Morgan fingerprint density at radius 2 is 1.58 bits per heavy atom. The first kappa shape index (κ1) is 24.4. The molecule has 3 fully saturated rings. The summed E-state index contributed by atoms with van der Waals surface area (Å²) in [7, 11) is -3.30. The number of hydrogen-bond acceptors (Lipinski definition) is 6. The zero-order chi connectivity index (χ0) is 23.9. The fraction of sp³-hybridized carbons (Fsp3) is 0.654. The van der Waals surface area contributed by atoms with Crippen LogP contribution in [0.4, 0.5) is 0 Å². The molecule has 1 heterocycles. The fourth-order valence-electron chi connectivity index (χ4n) is 4.97. The van der Waals surface area contributed by atoms with Crippen LogP contribution in [0.3, 0.4) is 0 Å². The lowest BCUT2D eigenvalue weighted by Crippen LogP contribution is -2.38. The predicted molar refractivity (Wildman–Crippen MR) is 126 cm³/mol. The normalized spacial score (nSPS) is 22.7. The highest BCUT2D eigenvalue weighted by Gasteiger charge is 2.42. The van der Waals surface area contributed by atoms with Gasteiger partial charge >= 0.3 is 0 Å². The molecule has 0 atom stereocenters. The van der Waals surface area contributed by atoms with Crippen LogP contribution >= 0.6 is 0 Å². The Balaban J connectivity index is 1.68. The number of carbonyl (C=O) groups excluding carboxylic acids is 1. The molecule has 1 spiro atoms. The van der Waals surface area contributed by atoms with Crippen LogP contribution in [-0.2, 0) is 28.8 Å². The Kier molecular flexibility index (Phi) is 6.78. The molecular weight excluding hydrogens is 440 g/mol. The molecule has 0 N–H and O–H groups in total. The average molecular weight is 477 g/mol. The maximum atomic E-state index is 13.6. The van der Waals surface area contributed by atoms with Crippen LogP contribution in [0.2, 0.25) is 0 Å². The van der Waals surface area contributed by atoms with Crippen LogP contribution in [0.25, 0.3) is 5.57 Å². The van der Waals surface area contributed by atoms with E-state index < -0.39 is 15.6 Å². The monoisotopic (exact) mass is 476 g/mol. The molecule has 2 aliphatic carbocycles. The molecule has 1 aromatic carbocycles. The molecule has 4 rings (SSSR count). The minimum absolute atomic E-state index is 0.00377. The van der Waals surface area contributed by atoms with Crippen LogP contribution in [-0.4, -0.2) is 45.6 Å². The van der Waals surface area contributed by atoms with Crippen molar-refractivity contribution < 1.29 is 27.4 Å². The van der Waals surface area contributed by atoms with Gasteiger partial charge in [-0.05, 0) is 48.8 Å². The number of hydrogen-bond donors (Lipinski definition) is 0. The first-order valence-corrected chi connectivity index (χ1v) is 13.9. The molecule has 1 aromatic rings. The second kappa shape index (κ2) is 9.16. The fourth-order valence-corrected chi connectivity index (χ4v) is 5.60. The summed E-state index contributed by atoms with van der Waals surface area (Å²) in [5.74, 6) is 0.0559. The number of ketones is 1. The zero-order valence-electron chi connectivity index (χ0n) is 20.2. The average Bonchev–Trinajstić information content (AvgIpc) is 3.14. The van der Waals surface area contributed by atoms with E-state index >= 15 is 0 Å². The van der Waals surface area contributed by atoms with Gasteiger partial charge in [0.1, 0.15) is 0 Å². The van der Waals surface area contributed by atoms with Crippen LogP contribution in [0, 0.1) is 11.3 Å². The lowest BCUT2D eigenvalue weighted by Gasteiger charge is -2.37. The van der Waals surface area contributed by atoms with Gasteiger partial charge in [-0.3, -0.25) is 4.79 Å². The van der Waals surface area contributed by atoms with Gasteiger partial charge in [0.25, 0.3) is 0 Å². The molecule has 0 unspecified atom stereocenters. The summed E-state index contributed by atoms with van der Waals surface area (Å²) in [5.41, 5.74) is 1.30. The van der Waals surface area contributed by atoms with Crippen LogP contribution in [0.5, 0.6) is 0 Å². The third-order valence-corrected chi connectivity index (χ3v) is 8.17. The van der Waals surface area contributed by atoms with Gasteiger partial charge in [0, 0.05) is 30.6 Å². The molecule has 0 amide bonds. The first-order chi connectivity index (χ1) is 15.5. The van der Waals surface area contributed by atoms with E-state index in [1.807, 2.05) is 0 Å². The van der Waals surface area contributed by atoms with Crippen LogP contribution in [0.1, 0.15) is 71.3 Å². The smallest absolute Gasteiger partial charge is 0.200 e. The number of sulfone groups is 1. The Bertz CT molecular complexity index is 996. The number of benzene rings is 1. The molecule has 2 saturated carbocycles. The summed E-state index contributed by atoms with van der Waals surface area (Å²) < 4.78 is 42.1. The Morgan fingerprint density at radius 3 is 2.03 bits per heavy atom. The van der Waals surface area contributed by atoms with E-state index in [0.717, 1.165) is 56.1 Å². The van der Waals surface area contributed by atoms with Gasteiger partial charge < -0.3 is 14.2 Å². The maximum absolute atomic E-state index is 13.6. The Labute approximate surface area is 197 Å². The lowest BCUT2D eigenvalue weighted by atomic mass is 9.76. The molecule has 7 heteroatoms. The molecular formula is C26H36O6S. The van der Waals surface area contributed by atoms with Crippen molar-refractivity contribution in [2.75, 3.05) is 19.5 Å². The first-order valence-electron chi connectivity index (χ1n) is 12.0. The highest BCUT2D eigenvalue weighted by Crippen LogP contribution is 2.43. The molecule has 0 bridgehead atoms. The highest BCUT2D eigenvalue weighted by atomic mass is 32.2. The Hall–Kier alpha value is -1.70. The van der Waals surface area contributed by atoms with Crippen molar-refractivity contribution in [1.82, 2.24) is 0 Å². The van der Waals surface area contributed by atoms with Gasteiger partial charge in [-0.25, -0.2) is 8.42 Å². The molecule has 0 aromatic heterocycles. The summed E-state index contributed by atoms with van der Waals surface area (Å²) in [6.07, 6.45) is 7.04. The number of ether oxygens (including phenoxy) is 3. The minimum atomic E-state index is -3.30. The number of carbonyl (C=O) groups is 1. The minimum Gasteiger partial charge on any atom is -0.486 e. The summed E-state index contributed by atoms with van der Waals surface area (Å²) >= 11 is 0. The SMILES string of the molecule is CC(C)(C)/C(=C(/OC1CCC2(CC1)OCCO2)C(=O)C1CCC1)c1ccc(S(C)(=O)=O)cc1. The predicted octanol–water partition coefficient (Wildman–Crippen LogP) is 4.92. The molecule has 182 valence electrons. The van der Waals surface area contributed by atoms with E-state index in [0.29, 0.717) is 19.0 Å². The van der Waals surface area contributed by atoms with Crippen molar-refractivity contribution in [1.29, 1.82) is 0 Å². The van der Waals surface area contributed by atoms with E-state index in [2.05, 4.69) is 20.8 Å². The van der Waals surface area contributed by atoms with E-state index in [4.69, 9.17) is 14.2 Å². The molecule has 6 nitrogen and oxygen atoms in total. The molecule has 33 heavy (non-hydrogen) atoms. The van der Waals surface area contributed by atoms with Crippen LogP contribution in [0.15, 0.2) is 34.9 Å². The molecule has 3 aliphatic rings. The number of allylic oxidation sites excluding steroid dienone is 2. The molecule has 1 aliphatic heterocycles. The van der Waals surface area contributed by atoms with Crippen molar-refractivity contribution in [2.24, 2.45) is 11.3 Å². The lowest BCUT2D eigenvalue weighted by molar-refractivity contribution is -0.189. The largest absolute Gasteiger partial charge is 0.486 e. The van der Waals surface area contributed by atoms with Crippen molar-refractivity contribution in [3.63, 3.8) is 0 Å². The van der Waals surface area contributed by atoms with Gasteiger partial charge in [0.15, 0.2) is 21.4 Å². The molecule has 1 saturated heterocycles. The van der Waals surface area contributed by atoms with Gasteiger partial charge in [0.05, 0.1) is 24.2 Å². The van der Waals surface area contributed by atoms with Crippen molar-refractivity contribution in [3.8, 4) is 0 Å². The third-order valence-electron chi connectivity index (χ3n) is 7.04. The molecule has 0 radical (unpaired) electrons. The van der Waals surface area contributed by atoms with E-state index in [9.17, 15) is 13.2 Å². The highest BCUT2D eigenvalue weighted by molar-refractivity contribution is 7.90. The van der Waals surface area contributed by atoms with Crippen LogP contribution < -0.4 is 0 Å². The third kappa shape index (κ3) is 5.36. The number of rotatable bonds is 6. The standard InChI is InChI=1S/C26H36O6S/c1-25(2,3)22(18-8-10-21(11-9-18)33(4,28)29)24(23(27)19-6-5-7-19)32-20-12-14-26(15-13-20)30-16-17-31-26/h8-11,19-20H,5-7,12-17H2,1-4H3/b24-22+. The van der Waals surface area contributed by atoms with Crippen molar-refractivity contribution in [3.05, 3.63) is 35.6 Å². The summed E-state index contributed by atoms with van der Waals surface area (Å²) in [6, 6.07) is 6.82. The summed E-state index contributed by atoms with van der Waals surface area (Å²) in [6.45, 7) is 7.48. The topological polar surface area (TPSA) is 78.9 Å². The van der Waals surface area contributed by atoms with Gasteiger partial charge in [-0.15, -0.1) is 0 Å². The Morgan fingerprint density at radius 1 is 1.00 bits per heavy atom. The summed E-state index contributed by atoms with van der Waals surface area (Å²) in [5, 5.41) is 0. The van der Waals surface area contributed by atoms with E-state index in [1.165, 1.54) is 6.26 Å². The quantitative estimate of drug-likeness (QED) is 0.428. The van der Waals surface area contributed by atoms with Crippen molar-refractivity contribution in [2.45, 2.75) is 82.5 Å². The van der Waals surface area contributed by atoms with E-state index in [1.54, 1.807) is 24.3 Å². The van der Waals surface area contributed by atoms with Gasteiger partial charge in [0.2, 0.25) is 5.78 Å². The van der Waals surface area contributed by atoms with E-state index in [-0.39, 0.29) is 28.1 Å². The van der Waals surface area contributed by atoms with Gasteiger partial charge in [-0.1, -0.05) is 39.3 Å². The number of Topliss-reactive ketones (excluding diaryl/α,β-unsaturated/α-hetero) is 1. The van der Waals surface area contributed by atoms with Crippen molar-refractivity contribution >= 4 is 21.2 Å². The zero-order valence-corrected chi connectivity index (χ0v) is 21.0. The van der Waals surface area contributed by atoms with Gasteiger partial charge in [-0.2, -0.15) is 0 Å². The second-order valence-corrected chi connectivity index (χ2v) is 12.7.